The average Bonchev–Trinajstić information content (AvgIpc) is 3.57. The first-order valence-electron chi connectivity index (χ1n) is 13.5. The molecule has 5 aromatic rings. The van der Waals surface area contributed by atoms with Crippen LogP contribution >= 0.6 is 0 Å². The molecule has 1 atom stereocenters. The normalized spacial score (nSPS) is 14.5. The minimum Gasteiger partial charge on any atom is -0.414 e. The molecular weight excluding hydrogens is 534 g/mol. The van der Waals surface area contributed by atoms with Crippen LogP contribution < -0.4 is 10.6 Å². The Hall–Kier alpha value is -5.23. The molecule has 1 aliphatic heterocycles. The predicted molar refractivity (Wildman–Crippen MR) is 156 cm³/mol. The van der Waals surface area contributed by atoms with Crippen molar-refractivity contribution in [2.24, 2.45) is 0 Å². The molecule has 4 aromatic heterocycles. The summed E-state index contributed by atoms with van der Waals surface area (Å²) in [5.41, 5.74) is 2.56. The number of anilines is 3. The monoisotopic (exact) mass is 563 g/mol. The zero-order valence-corrected chi connectivity index (χ0v) is 23.3. The largest absolute Gasteiger partial charge is 0.414 e. The standard InChI is InChI=1S/C30H29N9O3/c1-4-39-28(41)19-13-14-23(34-24(19)30(39,2)3)35-29-32-16-20(26-37-38-27(42-26)21-12-8-9-15-31-21)25(36-29)33-22(17-40)18-10-6-5-7-11-18/h5-16,22,40H,4,17H2,1-3H3,(H2,32,33,34,35,36)/t22-/m1/s1. The van der Waals surface area contributed by atoms with Gasteiger partial charge < -0.3 is 25.1 Å². The number of hydrogen-bond donors (Lipinski definition) is 3. The number of carbonyl (C=O) groups excluding carboxylic acids is 1. The minimum atomic E-state index is -0.552. The van der Waals surface area contributed by atoms with Gasteiger partial charge in [0.1, 0.15) is 17.3 Å². The lowest BCUT2D eigenvalue weighted by atomic mass is 9.99. The van der Waals surface area contributed by atoms with Crippen molar-refractivity contribution in [2.75, 3.05) is 23.8 Å². The molecule has 3 N–H and O–H groups in total. The Balaban J connectivity index is 1.36. The number of aromatic nitrogens is 6. The summed E-state index contributed by atoms with van der Waals surface area (Å²) in [6.07, 6.45) is 3.21. The Kier molecular flexibility index (Phi) is 7.05. The van der Waals surface area contributed by atoms with Gasteiger partial charge in [-0.3, -0.25) is 9.78 Å². The van der Waals surface area contributed by atoms with Gasteiger partial charge in [0, 0.05) is 18.9 Å². The number of carbonyl (C=O) groups is 1. The summed E-state index contributed by atoms with van der Waals surface area (Å²) in [7, 11) is 0. The van der Waals surface area contributed by atoms with Gasteiger partial charge in [-0.05, 0) is 50.6 Å². The van der Waals surface area contributed by atoms with Gasteiger partial charge in [0.25, 0.3) is 17.7 Å². The average molecular weight is 564 g/mol. The Morgan fingerprint density at radius 3 is 2.48 bits per heavy atom. The van der Waals surface area contributed by atoms with Crippen LogP contribution in [0.5, 0.6) is 0 Å². The quantitative estimate of drug-likeness (QED) is 0.231. The highest BCUT2D eigenvalue weighted by molar-refractivity contribution is 5.99. The molecule has 12 nitrogen and oxygen atoms in total. The van der Waals surface area contributed by atoms with E-state index in [1.54, 1.807) is 41.6 Å². The third-order valence-electron chi connectivity index (χ3n) is 7.20. The molecule has 1 aromatic carbocycles. The minimum absolute atomic E-state index is 0.0378. The van der Waals surface area contributed by atoms with E-state index >= 15 is 0 Å². The molecule has 0 unspecified atom stereocenters. The molecule has 0 saturated heterocycles. The van der Waals surface area contributed by atoms with Crippen molar-refractivity contribution in [2.45, 2.75) is 32.4 Å². The molecule has 0 fully saturated rings. The summed E-state index contributed by atoms with van der Waals surface area (Å²) < 4.78 is 5.94. The van der Waals surface area contributed by atoms with Crippen molar-refractivity contribution in [3.05, 3.63) is 89.9 Å². The van der Waals surface area contributed by atoms with Crippen molar-refractivity contribution in [1.82, 2.24) is 35.0 Å². The summed E-state index contributed by atoms with van der Waals surface area (Å²) in [4.78, 5) is 32.9. The summed E-state index contributed by atoms with van der Waals surface area (Å²) in [5.74, 6) is 1.50. The highest BCUT2D eigenvalue weighted by Crippen LogP contribution is 2.38. The molecule has 212 valence electrons. The van der Waals surface area contributed by atoms with Gasteiger partial charge in [0.05, 0.1) is 35.0 Å². The second kappa shape index (κ2) is 11.0. The summed E-state index contributed by atoms with van der Waals surface area (Å²) >= 11 is 0. The number of nitrogens with zero attached hydrogens (tertiary/aromatic N) is 7. The van der Waals surface area contributed by atoms with Crippen molar-refractivity contribution in [3.63, 3.8) is 0 Å². The number of pyridine rings is 2. The fourth-order valence-corrected chi connectivity index (χ4v) is 5.07. The maximum Gasteiger partial charge on any atom is 0.266 e. The summed E-state index contributed by atoms with van der Waals surface area (Å²) in [6.45, 7) is 6.30. The molecule has 0 spiro atoms. The van der Waals surface area contributed by atoms with Crippen LogP contribution in [0.3, 0.4) is 0 Å². The van der Waals surface area contributed by atoms with Crippen LogP contribution in [0.4, 0.5) is 17.6 Å². The van der Waals surface area contributed by atoms with Crippen LogP contribution in [-0.4, -0.2) is 59.2 Å². The maximum atomic E-state index is 12.9. The molecule has 42 heavy (non-hydrogen) atoms. The fourth-order valence-electron chi connectivity index (χ4n) is 5.07. The Labute approximate surface area is 241 Å². The topological polar surface area (TPSA) is 155 Å². The van der Waals surface area contributed by atoms with Gasteiger partial charge in [-0.25, -0.2) is 9.97 Å². The van der Waals surface area contributed by atoms with Gasteiger partial charge in [-0.1, -0.05) is 36.4 Å². The highest BCUT2D eigenvalue weighted by atomic mass is 16.4. The molecule has 0 radical (unpaired) electrons. The van der Waals surface area contributed by atoms with Crippen LogP contribution in [0, 0.1) is 0 Å². The third-order valence-corrected chi connectivity index (χ3v) is 7.20. The number of aliphatic hydroxyl groups is 1. The Morgan fingerprint density at radius 2 is 1.74 bits per heavy atom. The highest BCUT2D eigenvalue weighted by Gasteiger charge is 2.43. The van der Waals surface area contributed by atoms with Crippen LogP contribution in [0.15, 0.2) is 77.5 Å². The maximum absolute atomic E-state index is 12.9. The van der Waals surface area contributed by atoms with E-state index in [0.29, 0.717) is 40.7 Å². The fraction of sp³-hybridized carbons (Fsp3) is 0.233. The van der Waals surface area contributed by atoms with Crippen LogP contribution in [0.1, 0.15) is 48.4 Å². The molecule has 1 amide bonds. The number of nitrogens with one attached hydrogen (secondary N) is 2. The molecule has 0 bridgehead atoms. The summed E-state index contributed by atoms with van der Waals surface area (Å²) in [6, 6.07) is 18.0. The first-order chi connectivity index (χ1) is 20.4. The van der Waals surface area contributed by atoms with Gasteiger partial charge in [0.2, 0.25) is 5.95 Å². The second-order valence-electron chi connectivity index (χ2n) is 10.2. The predicted octanol–water partition coefficient (Wildman–Crippen LogP) is 4.58. The lowest BCUT2D eigenvalue weighted by Crippen LogP contribution is -2.39. The van der Waals surface area contributed by atoms with Gasteiger partial charge >= 0.3 is 0 Å². The lowest BCUT2D eigenvalue weighted by molar-refractivity contribution is 0.0631. The van der Waals surface area contributed by atoms with E-state index in [1.165, 1.54) is 0 Å². The number of benzene rings is 1. The molecular formula is C30H29N9O3. The third kappa shape index (κ3) is 4.92. The smallest absolute Gasteiger partial charge is 0.266 e. The molecule has 0 saturated carbocycles. The van der Waals surface area contributed by atoms with Gasteiger partial charge in [-0.15, -0.1) is 10.2 Å². The molecule has 0 aliphatic carbocycles. The van der Waals surface area contributed by atoms with Crippen molar-refractivity contribution in [1.29, 1.82) is 0 Å². The van der Waals surface area contributed by atoms with E-state index in [9.17, 15) is 9.90 Å². The van der Waals surface area contributed by atoms with E-state index in [-0.39, 0.29) is 30.2 Å². The van der Waals surface area contributed by atoms with Crippen molar-refractivity contribution < 1.29 is 14.3 Å². The SMILES string of the molecule is CCN1C(=O)c2ccc(Nc3ncc(-c4nnc(-c5ccccn5)o4)c(N[C@H](CO)c4ccccc4)n3)nc2C1(C)C. The molecule has 6 rings (SSSR count). The summed E-state index contributed by atoms with van der Waals surface area (Å²) in [5, 5.41) is 25.1. The van der Waals surface area contributed by atoms with E-state index in [2.05, 4.69) is 30.8 Å². The van der Waals surface area contributed by atoms with Crippen LogP contribution in [0.2, 0.25) is 0 Å². The van der Waals surface area contributed by atoms with Crippen LogP contribution in [0.25, 0.3) is 23.0 Å². The molecule has 1 aliphatic rings. The Morgan fingerprint density at radius 1 is 0.952 bits per heavy atom. The van der Waals surface area contributed by atoms with Gasteiger partial charge in [0.15, 0.2) is 0 Å². The number of hydrogen-bond acceptors (Lipinski definition) is 11. The van der Waals surface area contributed by atoms with E-state index < -0.39 is 11.6 Å². The lowest BCUT2D eigenvalue weighted by Gasteiger charge is -2.30. The van der Waals surface area contributed by atoms with Crippen molar-refractivity contribution in [3.8, 4) is 23.0 Å². The molecule has 5 heterocycles. The molecule has 12 heteroatoms. The zero-order valence-electron chi connectivity index (χ0n) is 23.3. The van der Waals surface area contributed by atoms with E-state index in [1.807, 2.05) is 57.2 Å². The number of aliphatic hydroxyl groups excluding tert-OH is 1. The zero-order chi connectivity index (χ0) is 29.3. The van der Waals surface area contributed by atoms with E-state index in [4.69, 9.17) is 14.4 Å². The Bertz CT molecular complexity index is 1730. The second-order valence-corrected chi connectivity index (χ2v) is 10.2. The van der Waals surface area contributed by atoms with Crippen molar-refractivity contribution >= 4 is 23.5 Å². The van der Waals surface area contributed by atoms with Crippen LogP contribution in [-0.2, 0) is 5.54 Å². The first-order valence-corrected chi connectivity index (χ1v) is 13.5. The first kappa shape index (κ1) is 27.0. The van der Waals surface area contributed by atoms with E-state index in [0.717, 1.165) is 5.56 Å². The number of rotatable bonds is 9. The number of amides is 1. The van der Waals surface area contributed by atoms with Gasteiger partial charge in [-0.2, -0.15) is 4.98 Å². The number of fused-ring (bicyclic) bond motifs is 1.